The van der Waals surface area contributed by atoms with Gasteiger partial charge in [0.15, 0.2) is 5.79 Å². The zero-order valence-electron chi connectivity index (χ0n) is 11.2. The maximum absolute atomic E-state index is 6.14. The molecule has 1 heterocycles. The Balaban J connectivity index is 2.06. The second-order valence-corrected chi connectivity index (χ2v) is 6.24. The molecule has 0 aromatic rings. The minimum atomic E-state index is -0.201. The summed E-state index contributed by atoms with van der Waals surface area (Å²) in [6.45, 7) is 10.9. The van der Waals surface area contributed by atoms with E-state index < -0.39 is 0 Å². The lowest BCUT2D eigenvalue weighted by Gasteiger charge is -2.49. The Morgan fingerprint density at radius 1 is 0.812 bits per heavy atom. The van der Waals surface area contributed by atoms with Gasteiger partial charge in [0.05, 0.1) is 13.2 Å². The summed E-state index contributed by atoms with van der Waals surface area (Å²) in [7, 11) is 0. The summed E-state index contributed by atoms with van der Waals surface area (Å²) in [4.78, 5) is 0. The van der Waals surface area contributed by atoms with Crippen LogP contribution in [0.25, 0.3) is 0 Å². The smallest absolute Gasteiger partial charge is 0.168 e. The third-order valence-electron chi connectivity index (χ3n) is 4.87. The third kappa shape index (κ3) is 1.91. The first-order chi connectivity index (χ1) is 7.51. The topological polar surface area (TPSA) is 18.5 Å². The lowest BCUT2D eigenvalue weighted by molar-refractivity contribution is -0.314. The van der Waals surface area contributed by atoms with Gasteiger partial charge in [-0.3, -0.25) is 0 Å². The van der Waals surface area contributed by atoms with Gasteiger partial charge in [0.2, 0.25) is 0 Å². The molecule has 94 valence electrons. The van der Waals surface area contributed by atoms with Crippen LogP contribution in [0.4, 0.5) is 0 Å². The summed E-state index contributed by atoms with van der Waals surface area (Å²) in [6, 6.07) is 0. The van der Waals surface area contributed by atoms with E-state index in [1.54, 1.807) is 0 Å². The summed E-state index contributed by atoms with van der Waals surface area (Å²) in [5, 5.41) is 0. The SMILES string of the molecule is CC(C)C1(C(C)C)COC2(CCCC2)OC1. The molecule has 16 heavy (non-hydrogen) atoms. The molecule has 0 radical (unpaired) electrons. The number of hydrogen-bond acceptors (Lipinski definition) is 2. The summed E-state index contributed by atoms with van der Waals surface area (Å²) in [5.41, 5.74) is 0.216. The lowest BCUT2D eigenvalue weighted by Crippen LogP contribution is -2.53. The Hall–Kier alpha value is -0.0800. The van der Waals surface area contributed by atoms with Gasteiger partial charge in [0.1, 0.15) is 0 Å². The van der Waals surface area contributed by atoms with Gasteiger partial charge in [-0.25, -0.2) is 0 Å². The Morgan fingerprint density at radius 2 is 1.25 bits per heavy atom. The van der Waals surface area contributed by atoms with E-state index >= 15 is 0 Å². The van der Waals surface area contributed by atoms with Crippen molar-refractivity contribution in [3.05, 3.63) is 0 Å². The van der Waals surface area contributed by atoms with E-state index in [0.29, 0.717) is 11.8 Å². The molecule has 2 fully saturated rings. The van der Waals surface area contributed by atoms with Crippen molar-refractivity contribution in [3.8, 4) is 0 Å². The molecule has 1 saturated carbocycles. The van der Waals surface area contributed by atoms with E-state index in [0.717, 1.165) is 26.1 Å². The third-order valence-corrected chi connectivity index (χ3v) is 4.87. The van der Waals surface area contributed by atoms with E-state index in [9.17, 15) is 0 Å². The number of rotatable bonds is 2. The van der Waals surface area contributed by atoms with Crippen molar-refractivity contribution in [2.24, 2.45) is 17.3 Å². The van der Waals surface area contributed by atoms with Gasteiger partial charge >= 0.3 is 0 Å². The van der Waals surface area contributed by atoms with E-state index in [4.69, 9.17) is 9.47 Å². The zero-order valence-corrected chi connectivity index (χ0v) is 11.2. The van der Waals surface area contributed by atoms with Crippen molar-refractivity contribution in [2.75, 3.05) is 13.2 Å². The molecule has 0 aromatic heterocycles. The maximum atomic E-state index is 6.14. The average molecular weight is 226 g/mol. The minimum absolute atomic E-state index is 0.201. The summed E-state index contributed by atoms with van der Waals surface area (Å²) >= 11 is 0. The fourth-order valence-electron chi connectivity index (χ4n) is 3.15. The Kier molecular flexibility index (Phi) is 3.33. The van der Waals surface area contributed by atoms with Crippen LogP contribution in [-0.2, 0) is 9.47 Å². The highest BCUT2D eigenvalue weighted by molar-refractivity contribution is 4.92. The predicted octanol–water partition coefficient (Wildman–Crippen LogP) is 3.60. The van der Waals surface area contributed by atoms with Gasteiger partial charge < -0.3 is 9.47 Å². The Labute approximate surface area is 99.7 Å². The van der Waals surface area contributed by atoms with Gasteiger partial charge in [0, 0.05) is 18.3 Å². The van der Waals surface area contributed by atoms with Crippen molar-refractivity contribution < 1.29 is 9.47 Å². The first-order valence-electron chi connectivity index (χ1n) is 6.79. The second kappa shape index (κ2) is 4.30. The summed E-state index contributed by atoms with van der Waals surface area (Å²) in [6.07, 6.45) is 4.71. The first-order valence-corrected chi connectivity index (χ1v) is 6.79. The monoisotopic (exact) mass is 226 g/mol. The zero-order chi connectivity index (χ0) is 11.8. The minimum Gasteiger partial charge on any atom is -0.349 e. The Morgan fingerprint density at radius 3 is 1.62 bits per heavy atom. The van der Waals surface area contributed by atoms with Crippen LogP contribution in [0.5, 0.6) is 0 Å². The van der Waals surface area contributed by atoms with E-state index in [2.05, 4.69) is 27.7 Å². The first kappa shape index (κ1) is 12.4. The van der Waals surface area contributed by atoms with Crippen LogP contribution < -0.4 is 0 Å². The molecule has 0 N–H and O–H groups in total. The molecule has 1 aliphatic heterocycles. The molecule has 1 saturated heterocycles. The maximum Gasteiger partial charge on any atom is 0.168 e. The van der Waals surface area contributed by atoms with E-state index in [-0.39, 0.29) is 11.2 Å². The normalized spacial score (nSPS) is 28.1. The predicted molar refractivity (Wildman–Crippen MR) is 65.2 cm³/mol. The largest absolute Gasteiger partial charge is 0.349 e. The van der Waals surface area contributed by atoms with Crippen LogP contribution >= 0.6 is 0 Å². The molecule has 2 aliphatic rings. The summed E-state index contributed by atoms with van der Waals surface area (Å²) in [5.74, 6) is 1.03. The highest BCUT2D eigenvalue weighted by Gasteiger charge is 2.48. The van der Waals surface area contributed by atoms with Crippen molar-refractivity contribution in [3.63, 3.8) is 0 Å². The molecule has 2 nitrogen and oxygen atoms in total. The standard InChI is InChI=1S/C14H26O2/c1-11(2)13(12(3)4)9-15-14(16-10-13)7-5-6-8-14/h11-12H,5-10H2,1-4H3. The quantitative estimate of drug-likeness (QED) is 0.716. The van der Waals surface area contributed by atoms with Crippen LogP contribution in [0.15, 0.2) is 0 Å². The number of ether oxygens (including phenoxy) is 2. The molecule has 1 aliphatic carbocycles. The van der Waals surface area contributed by atoms with Crippen molar-refractivity contribution in [1.29, 1.82) is 0 Å². The van der Waals surface area contributed by atoms with Gasteiger partial charge in [0.25, 0.3) is 0 Å². The van der Waals surface area contributed by atoms with E-state index in [1.165, 1.54) is 12.8 Å². The molecule has 0 bridgehead atoms. The van der Waals surface area contributed by atoms with Gasteiger partial charge in [-0.1, -0.05) is 27.7 Å². The molecule has 0 aromatic carbocycles. The van der Waals surface area contributed by atoms with Crippen LogP contribution in [0.3, 0.4) is 0 Å². The molecule has 0 amide bonds. The van der Waals surface area contributed by atoms with Crippen LogP contribution in [-0.4, -0.2) is 19.0 Å². The van der Waals surface area contributed by atoms with Crippen LogP contribution in [0.2, 0.25) is 0 Å². The number of hydrogen-bond donors (Lipinski definition) is 0. The molecule has 1 spiro atoms. The molecule has 0 unspecified atom stereocenters. The molecule has 2 heteroatoms. The lowest BCUT2D eigenvalue weighted by atomic mass is 9.69. The van der Waals surface area contributed by atoms with Gasteiger partial charge in [-0.15, -0.1) is 0 Å². The fourth-order valence-corrected chi connectivity index (χ4v) is 3.15. The molecule has 0 atom stereocenters. The molecular formula is C14H26O2. The average Bonchev–Trinajstić information content (AvgIpc) is 2.67. The molecular weight excluding hydrogens is 200 g/mol. The van der Waals surface area contributed by atoms with Crippen molar-refractivity contribution in [1.82, 2.24) is 0 Å². The summed E-state index contributed by atoms with van der Waals surface area (Å²) < 4.78 is 12.3. The van der Waals surface area contributed by atoms with Gasteiger partial charge in [-0.05, 0) is 24.7 Å². The van der Waals surface area contributed by atoms with E-state index in [1.807, 2.05) is 0 Å². The van der Waals surface area contributed by atoms with Crippen molar-refractivity contribution in [2.45, 2.75) is 59.2 Å². The van der Waals surface area contributed by atoms with Crippen molar-refractivity contribution >= 4 is 0 Å². The highest BCUT2D eigenvalue weighted by atomic mass is 16.7. The second-order valence-electron chi connectivity index (χ2n) is 6.24. The highest BCUT2D eigenvalue weighted by Crippen LogP contribution is 2.46. The fraction of sp³-hybridized carbons (Fsp3) is 1.00. The van der Waals surface area contributed by atoms with Crippen LogP contribution in [0, 0.1) is 17.3 Å². The Bertz CT molecular complexity index is 219. The van der Waals surface area contributed by atoms with Gasteiger partial charge in [-0.2, -0.15) is 0 Å². The van der Waals surface area contributed by atoms with Crippen LogP contribution in [0.1, 0.15) is 53.4 Å². The molecule has 2 rings (SSSR count).